The van der Waals surface area contributed by atoms with Crippen molar-refractivity contribution in [1.82, 2.24) is 0 Å². The van der Waals surface area contributed by atoms with Crippen LogP contribution in [-0.4, -0.2) is 41.1 Å². The summed E-state index contributed by atoms with van der Waals surface area (Å²) < 4.78 is 11.3. The van der Waals surface area contributed by atoms with E-state index in [0.29, 0.717) is 6.42 Å². The highest BCUT2D eigenvalue weighted by atomic mass is 16.6. The molecule has 0 amide bonds. The molecule has 2 fully saturated rings. The molecule has 26 heavy (non-hydrogen) atoms. The van der Waals surface area contributed by atoms with Crippen LogP contribution in [0.2, 0.25) is 0 Å². The molecule has 2 aliphatic carbocycles. The van der Waals surface area contributed by atoms with E-state index in [1.54, 1.807) is 19.9 Å². The molecule has 6 nitrogen and oxygen atoms in total. The summed E-state index contributed by atoms with van der Waals surface area (Å²) in [7, 11) is 0. The van der Waals surface area contributed by atoms with Gasteiger partial charge in [0.25, 0.3) is 0 Å². The quantitative estimate of drug-likeness (QED) is 0.608. The van der Waals surface area contributed by atoms with E-state index in [1.807, 2.05) is 13.8 Å². The molecular formula is C20H26O6. The first-order chi connectivity index (χ1) is 12.1. The molecule has 8 atom stereocenters. The first-order valence-corrected chi connectivity index (χ1v) is 9.15. The van der Waals surface area contributed by atoms with Crippen molar-refractivity contribution in [2.75, 3.05) is 0 Å². The Morgan fingerprint density at radius 3 is 2.73 bits per heavy atom. The second-order valence-electron chi connectivity index (χ2n) is 7.97. The maximum atomic E-state index is 12.6. The molecule has 0 unspecified atom stereocenters. The van der Waals surface area contributed by atoms with Crippen molar-refractivity contribution in [3.05, 3.63) is 24.3 Å². The number of allylic oxidation sites excluding steroid dienone is 2. The summed E-state index contributed by atoms with van der Waals surface area (Å²) in [6, 6.07) is 0. The van der Waals surface area contributed by atoms with E-state index >= 15 is 0 Å². The van der Waals surface area contributed by atoms with Gasteiger partial charge >= 0.3 is 11.9 Å². The molecule has 1 N–H and O–H groups in total. The van der Waals surface area contributed by atoms with Crippen LogP contribution in [0.3, 0.4) is 0 Å². The maximum absolute atomic E-state index is 12.6. The van der Waals surface area contributed by atoms with E-state index in [4.69, 9.17) is 9.47 Å². The van der Waals surface area contributed by atoms with E-state index in [1.165, 1.54) is 6.08 Å². The molecule has 1 heterocycles. The monoisotopic (exact) mass is 362 g/mol. The Hall–Kier alpha value is -1.95. The minimum absolute atomic E-state index is 0.0458. The number of ether oxygens (including phenoxy) is 2. The predicted molar refractivity (Wildman–Crippen MR) is 92.8 cm³/mol. The zero-order chi connectivity index (χ0) is 19.4. The zero-order valence-electron chi connectivity index (χ0n) is 15.6. The average molecular weight is 362 g/mol. The lowest BCUT2D eigenvalue weighted by molar-refractivity contribution is -0.187. The molecule has 0 aromatic rings. The largest absolute Gasteiger partial charge is 0.457 e. The van der Waals surface area contributed by atoms with E-state index in [-0.39, 0.29) is 29.1 Å². The molecule has 0 aromatic heterocycles. The molecule has 0 aromatic carbocycles. The van der Waals surface area contributed by atoms with Crippen molar-refractivity contribution in [3.8, 4) is 0 Å². The number of hydrogen-bond acceptors (Lipinski definition) is 6. The number of aliphatic hydroxyl groups is 1. The van der Waals surface area contributed by atoms with Crippen LogP contribution < -0.4 is 0 Å². The number of aliphatic hydroxyl groups excluding tert-OH is 1. The van der Waals surface area contributed by atoms with Gasteiger partial charge in [0.15, 0.2) is 5.78 Å². The van der Waals surface area contributed by atoms with Gasteiger partial charge in [0.1, 0.15) is 12.2 Å². The van der Waals surface area contributed by atoms with E-state index in [9.17, 15) is 19.5 Å². The van der Waals surface area contributed by atoms with Crippen molar-refractivity contribution in [2.45, 2.75) is 52.4 Å². The van der Waals surface area contributed by atoms with Crippen LogP contribution in [0, 0.1) is 29.1 Å². The normalized spacial score (nSPS) is 42.7. The van der Waals surface area contributed by atoms with E-state index in [2.05, 4.69) is 6.58 Å². The molecular weight excluding hydrogens is 336 g/mol. The van der Waals surface area contributed by atoms with Gasteiger partial charge in [0.05, 0.1) is 23.4 Å². The van der Waals surface area contributed by atoms with Crippen LogP contribution in [0.15, 0.2) is 24.3 Å². The second-order valence-corrected chi connectivity index (χ2v) is 7.97. The number of rotatable bonds is 3. The summed E-state index contributed by atoms with van der Waals surface area (Å²) in [4.78, 5) is 37.3. The van der Waals surface area contributed by atoms with Gasteiger partial charge in [-0.1, -0.05) is 33.4 Å². The lowest BCUT2D eigenvalue weighted by Crippen LogP contribution is -2.53. The van der Waals surface area contributed by atoms with Gasteiger partial charge in [0, 0.05) is 11.5 Å². The van der Waals surface area contributed by atoms with E-state index < -0.39 is 41.6 Å². The fourth-order valence-corrected chi connectivity index (χ4v) is 4.52. The van der Waals surface area contributed by atoms with Gasteiger partial charge in [-0.05, 0) is 25.3 Å². The summed E-state index contributed by atoms with van der Waals surface area (Å²) in [6.07, 6.45) is 1.08. The SMILES string of the molecule is C=C1C(=O)O[C@@H]2[C@@H](C)[C@@H]3C=CC(=O)[C@@]3(C)[C@@H](O)[C@H]1[C@@H]2OC(=O)[C@H](C)CC. The zero-order valence-corrected chi connectivity index (χ0v) is 15.6. The van der Waals surface area contributed by atoms with Gasteiger partial charge < -0.3 is 14.6 Å². The molecule has 3 rings (SSSR count). The topological polar surface area (TPSA) is 89.9 Å². The van der Waals surface area contributed by atoms with Crippen LogP contribution in [0.1, 0.15) is 34.1 Å². The third-order valence-corrected chi connectivity index (χ3v) is 6.57. The lowest BCUT2D eigenvalue weighted by atomic mass is 9.67. The minimum atomic E-state index is -1.20. The van der Waals surface area contributed by atoms with Crippen molar-refractivity contribution < 1.29 is 29.0 Å². The highest BCUT2D eigenvalue weighted by Crippen LogP contribution is 2.53. The molecule has 1 aliphatic heterocycles. The number of ketones is 1. The van der Waals surface area contributed by atoms with Crippen molar-refractivity contribution in [1.29, 1.82) is 0 Å². The number of esters is 2. The van der Waals surface area contributed by atoms with E-state index in [0.717, 1.165) is 0 Å². The van der Waals surface area contributed by atoms with Crippen LogP contribution in [0.5, 0.6) is 0 Å². The Bertz CT molecular complexity index is 694. The highest BCUT2D eigenvalue weighted by molar-refractivity contribution is 5.99. The lowest BCUT2D eigenvalue weighted by Gasteiger charge is -2.40. The van der Waals surface area contributed by atoms with Crippen LogP contribution >= 0.6 is 0 Å². The number of carbonyl (C=O) groups excluding carboxylic acids is 3. The molecule has 0 radical (unpaired) electrons. The minimum Gasteiger partial charge on any atom is -0.457 e. The third-order valence-electron chi connectivity index (χ3n) is 6.57. The number of hydrogen-bond donors (Lipinski definition) is 1. The Morgan fingerprint density at radius 2 is 2.12 bits per heavy atom. The van der Waals surface area contributed by atoms with Gasteiger partial charge in [-0.3, -0.25) is 9.59 Å². The Labute approximate surface area is 153 Å². The fourth-order valence-electron chi connectivity index (χ4n) is 4.52. The number of fused-ring (bicyclic) bond motifs is 3. The summed E-state index contributed by atoms with van der Waals surface area (Å²) in [5.41, 5.74) is -1.05. The molecule has 6 heteroatoms. The van der Waals surface area contributed by atoms with Crippen LogP contribution in [0.25, 0.3) is 0 Å². The highest BCUT2D eigenvalue weighted by Gasteiger charge is 2.63. The first-order valence-electron chi connectivity index (χ1n) is 9.15. The second kappa shape index (κ2) is 6.34. The van der Waals surface area contributed by atoms with Gasteiger partial charge in [-0.2, -0.15) is 0 Å². The molecule has 142 valence electrons. The molecule has 3 aliphatic rings. The summed E-state index contributed by atoms with van der Waals surface area (Å²) >= 11 is 0. The summed E-state index contributed by atoms with van der Waals surface area (Å²) in [5.74, 6) is -3.00. The molecule has 1 saturated heterocycles. The maximum Gasteiger partial charge on any atom is 0.334 e. The molecule has 2 bridgehead atoms. The predicted octanol–water partition coefficient (Wildman–Crippen LogP) is 1.81. The summed E-state index contributed by atoms with van der Waals surface area (Å²) in [6.45, 7) is 11.0. The standard InChI is InChI=1S/C20H26O6/c1-6-9(2)18(23)26-16-14-11(4)19(24)25-15(16)10(3)12-7-8-13(21)20(12,5)17(14)22/h7-10,12,14-17,22H,4,6H2,1-3,5H3/t9-,10+,12+,14-,15-,16+,17+,20+/m1/s1. The van der Waals surface area contributed by atoms with Crippen molar-refractivity contribution in [2.24, 2.45) is 29.1 Å². The average Bonchev–Trinajstić information content (AvgIpc) is 2.90. The smallest absolute Gasteiger partial charge is 0.334 e. The first kappa shape index (κ1) is 18.8. The van der Waals surface area contributed by atoms with Crippen molar-refractivity contribution in [3.63, 3.8) is 0 Å². The van der Waals surface area contributed by atoms with Gasteiger partial charge in [0.2, 0.25) is 0 Å². The van der Waals surface area contributed by atoms with Crippen LogP contribution in [0.4, 0.5) is 0 Å². The van der Waals surface area contributed by atoms with Gasteiger partial charge in [-0.15, -0.1) is 0 Å². The van der Waals surface area contributed by atoms with Crippen molar-refractivity contribution >= 4 is 17.7 Å². The Kier molecular flexibility index (Phi) is 4.59. The molecule has 1 saturated carbocycles. The van der Waals surface area contributed by atoms with Gasteiger partial charge in [-0.25, -0.2) is 4.79 Å². The fraction of sp³-hybridized carbons (Fsp3) is 0.650. The number of carbonyl (C=O) groups is 3. The van der Waals surface area contributed by atoms with Crippen LogP contribution in [-0.2, 0) is 23.9 Å². The molecule has 0 spiro atoms. The third kappa shape index (κ3) is 2.46. The Morgan fingerprint density at radius 1 is 1.46 bits per heavy atom. The Balaban J connectivity index is 2.07. The summed E-state index contributed by atoms with van der Waals surface area (Å²) in [5, 5.41) is 11.2.